The molecule has 0 spiro atoms. The number of hydrogen-bond donors (Lipinski definition) is 0. The Balaban J connectivity index is 1.90. The topological polar surface area (TPSA) is 38.3 Å². The molecular formula is C14H21N3OS. The predicted octanol–water partition coefficient (Wildman–Crippen LogP) is 2.99. The molecule has 0 unspecified atom stereocenters. The molecule has 0 atom stereocenters. The molecule has 0 amide bonds. The van der Waals surface area contributed by atoms with Crippen LogP contribution in [0.25, 0.3) is 5.57 Å². The molecule has 4 nitrogen and oxygen atoms in total. The molecule has 2 heterocycles. The van der Waals surface area contributed by atoms with Crippen LogP contribution in [0.2, 0.25) is 0 Å². The Labute approximate surface area is 119 Å². The molecule has 1 aliphatic heterocycles. The molecule has 1 aromatic rings. The lowest BCUT2D eigenvalue weighted by Gasteiger charge is -2.22. The molecular weight excluding hydrogens is 258 g/mol. The van der Waals surface area contributed by atoms with Gasteiger partial charge in [-0.3, -0.25) is 0 Å². The third-order valence-corrected chi connectivity index (χ3v) is 3.66. The van der Waals surface area contributed by atoms with Gasteiger partial charge in [-0.15, -0.1) is 11.0 Å². The Bertz CT molecular complexity index is 442. The Morgan fingerprint density at radius 1 is 1.47 bits per heavy atom. The number of nitrogens with zero attached hydrogens (tertiary/aromatic N) is 3. The van der Waals surface area contributed by atoms with Gasteiger partial charge in [0.25, 0.3) is 5.88 Å². The van der Waals surface area contributed by atoms with Crippen molar-refractivity contribution in [3.05, 3.63) is 24.4 Å². The van der Waals surface area contributed by atoms with Gasteiger partial charge in [-0.2, -0.15) is 4.37 Å². The maximum Gasteiger partial charge on any atom is 0.253 e. The minimum Gasteiger partial charge on any atom is -0.475 e. The van der Waals surface area contributed by atoms with Gasteiger partial charge in [0.15, 0.2) is 0 Å². The van der Waals surface area contributed by atoms with E-state index in [0.717, 1.165) is 44.5 Å². The van der Waals surface area contributed by atoms with Crippen LogP contribution < -0.4 is 4.74 Å². The van der Waals surface area contributed by atoms with E-state index in [0.29, 0.717) is 12.5 Å². The van der Waals surface area contributed by atoms with Crippen molar-refractivity contribution in [2.24, 2.45) is 0 Å². The van der Waals surface area contributed by atoms with E-state index in [9.17, 15) is 0 Å². The lowest BCUT2D eigenvalue weighted by atomic mass is 10.1. The highest BCUT2D eigenvalue weighted by Crippen LogP contribution is 2.27. The molecule has 2 rings (SSSR count). The fourth-order valence-corrected chi connectivity index (χ4v) is 2.63. The molecule has 0 aliphatic carbocycles. The maximum absolute atomic E-state index is 5.76. The summed E-state index contributed by atoms with van der Waals surface area (Å²) < 4.78 is 14.4. The second-order valence-corrected chi connectivity index (χ2v) is 5.34. The zero-order valence-electron chi connectivity index (χ0n) is 11.5. The lowest BCUT2D eigenvalue weighted by Crippen LogP contribution is -2.25. The van der Waals surface area contributed by atoms with E-state index >= 15 is 0 Å². The summed E-state index contributed by atoms with van der Waals surface area (Å²) in [6, 6.07) is 0. The van der Waals surface area contributed by atoms with Gasteiger partial charge in [0.2, 0.25) is 0 Å². The standard InChI is InChI=1S/C14H21N3OS/c1-3-4-5-6-10-18-14-13(15-19-16-14)12-8-7-9-17(2)11-12/h3,8H,1,4-7,9-11H2,2H3. The first-order valence-corrected chi connectivity index (χ1v) is 7.48. The fourth-order valence-electron chi connectivity index (χ4n) is 2.10. The number of rotatable bonds is 7. The second kappa shape index (κ2) is 7.40. The van der Waals surface area contributed by atoms with Crippen LogP contribution in [-0.4, -0.2) is 40.4 Å². The summed E-state index contributed by atoms with van der Waals surface area (Å²) in [5, 5.41) is 0. The average molecular weight is 279 g/mol. The van der Waals surface area contributed by atoms with Gasteiger partial charge < -0.3 is 9.64 Å². The van der Waals surface area contributed by atoms with Crippen molar-refractivity contribution in [2.45, 2.75) is 25.7 Å². The van der Waals surface area contributed by atoms with E-state index in [1.54, 1.807) is 0 Å². The average Bonchev–Trinajstić information content (AvgIpc) is 2.87. The number of likely N-dealkylation sites (N-methyl/N-ethyl adjacent to an activating group) is 1. The quantitative estimate of drug-likeness (QED) is 0.568. The predicted molar refractivity (Wildman–Crippen MR) is 79.5 cm³/mol. The van der Waals surface area contributed by atoms with Crippen molar-refractivity contribution in [2.75, 3.05) is 26.7 Å². The molecule has 0 aromatic carbocycles. The van der Waals surface area contributed by atoms with Gasteiger partial charge in [-0.05, 0) is 38.3 Å². The SMILES string of the molecule is C=CCCCCOc1nsnc1C1=CCCN(C)C1. The third-order valence-electron chi connectivity index (χ3n) is 3.15. The lowest BCUT2D eigenvalue weighted by molar-refractivity contribution is 0.296. The van der Waals surface area contributed by atoms with Crippen LogP contribution in [-0.2, 0) is 0 Å². The van der Waals surface area contributed by atoms with Gasteiger partial charge in [0.1, 0.15) is 5.69 Å². The summed E-state index contributed by atoms with van der Waals surface area (Å²) in [5.74, 6) is 0.699. The van der Waals surface area contributed by atoms with Crippen molar-refractivity contribution in [1.82, 2.24) is 13.6 Å². The zero-order valence-corrected chi connectivity index (χ0v) is 12.3. The first-order valence-electron chi connectivity index (χ1n) is 6.75. The summed E-state index contributed by atoms with van der Waals surface area (Å²) in [4.78, 5) is 2.29. The van der Waals surface area contributed by atoms with Crippen LogP contribution in [0.3, 0.4) is 0 Å². The molecule has 1 aliphatic rings. The molecule has 0 bridgehead atoms. The number of hydrogen-bond acceptors (Lipinski definition) is 5. The van der Waals surface area contributed by atoms with Crippen molar-refractivity contribution in [3.63, 3.8) is 0 Å². The summed E-state index contributed by atoms with van der Waals surface area (Å²) in [5.41, 5.74) is 2.17. The minimum absolute atomic E-state index is 0.699. The Hall–Kier alpha value is -1.20. The number of aromatic nitrogens is 2. The van der Waals surface area contributed by atoms with Crippen LogP contribution in [0, 0.1) is 0 Å². The first-order chi connectivity index (χ1) is 9.31. The van der Waals surface area contributed by atoms with E-state index in [2.05, 4.69) is 33.3 Å². The molecule has 1 aromatic heterocycles. The molecule has 0 radical (unpaired) electrons. The Morgan fingerprint density at radius 2 is 2.37 bits per heavy atom. The smallest absolute Gasteiger partial charge is 0.253 e. The second-order valence-electron chi connectivity index (χ2n) is 4.81. The molecule has 0 fully saturated rings. The molecule has 104 valence electrons. The Kier molecular flexibility index (Phi) is 5.54. The van der Waals surface area contributed by atoms with Gasteiger partial charge in [0.05, 0.1) is 18.3 Å². The van der Waals surface area contributed by atoms with E-state index in [1.807, 2.05) is 6.08 Å². The third kappa shape index (κ3) is 4.14. The van der Waals surface area contributed by atoms with Crippen molar-refractivity contribution in [3.8, 4) is 5.88 Å². The Morgan fingerprint density at radius 3 is 3.16 bits per heavy atom. The van der Waals surface area contributed by atoms with Gasteiger partial charge in [-0.1, -0.05) is 12.2 Å². The first kappa shape index (κ1) is 14.2. The van der Waals surface area contributed by atoms with E-state index in [1.165, 1.54) is 17.3 Å². The van der Waals surface area contributed by atoms with Crippen molar-refractivity contribution >= 4 is 17.3 Å². The highest BCUT2D eigenvalue weighted by atomic mass is 32.1. The van der Waals surface area contributed by atoms with Gasteiger partial charge in [0, 0.05) is 13.1 Å². The highest BCUT2D eigenvalue weighted by molar-refractivity contribution is 6.99. The van der Waals surface area contributed by atoms with Crippen LogP contribution in [0.5, 0.6) is 5.88 Å². The van der Waals surface area contributed by atoms with E-state index in [4.69, 9.17) is 4.74 Å². The fraction of sp³-hybridized carbons (Fsp3) is 0.571. The van der Waals surface area contributed by atoms with Crippen molar-refractivity contribution < 1.29 is 4.74 Å². The zero-order chi connectivity index (χ0) is 13.5. The summed E-state index contributed by atoms with van der Waals surface area (Å²) in [7, 11) is 2.13. The minimum atomic E-state index is 0.699. The highest BCUT2D eigenvalue weighted by Gasteiger charge is 2.18. The molecule has 19 heavy (non-hydrogen) atoms. The van der Waals surface area contributed by atoms with Crippen LogP contribution in [0.15, 0.2) is 18.7 Å². The molecule has 0 saturated carbocycles. The van der Waals surface area contributed by atoms with Crippen LogP contribution in [0.4, 0.5) is 0 Å². The van der Waals surface area contributed by atoms with Crippen LogP contribution >= 0.6 is 11.7 Å². The molecule has 5 heteroatoms. The van der Waals surface area contributed by atoms with Crippen LogP contribution in [0.1, 0.15) is 31.4 Å². The van der Waals surface area contributed by atoms with Gasteiger partial charge >= 0.3 is 0 Å². The monoisotopic (exact) mass is 279 g/mol. The number of unbranched alkanes of at least 4 members (excludes halogenated alkanes) is 2. The number of ether oxygens (including phenoxy) is 1. The van der Waals surface area contributed by atoms with Gasteiger partial charge in [-0.25, -0.2) is 0 Å². The van der Waals surface area contributed by atoms with Crippen molar-refractivity contribution in [1.29, 1.82) is 0 Å². The van der Waals surface area contributed by atoms with E-state index < -0.39 is 0 Å². The summed E-state index contributed by atoms with van der Waals surface area (Å²) in [6.45, 7) is 6.46. The summed E-state index contributed by atoms with van der Waals surface area (Å²) in [6.07, 6.45) is 8.45. The number of allylic oxidation sites excluding steroid dienone is 1. The molecule has 0 N–H and O–H groups in total. The molecule has 0 saturated heterocycles. The normalized spacial score (nSPS) is 16.2. The maximum atomic E-state index is 5.76. The van der Waals surface area contributed by atoms with E-state index in [-0.39, 0.29) is 0 Å². The largest absolute Gasteiger partial charge is 0.475 e. The summed E-state index contributed by atoms with van der Waals surface area (Å²) >= 11 is 1.23.